The van der Waals surface area contributed by atoms with E-state index < -0.39 is 23.8 Å². The second-order valence-electron chi connectivity index (χ2n) is 3.55. The predicted octanol–water partition coefficient (Wildman–Crippen LogP) is 0.969. The maximum atomic E-state index is 13.3. The number of nitrogens with one attached hydrogen (secondary N) is 1. The number of halogens is 2. The number of hydrogen-bond donors (Lipinski definition) is 3. The summed E-state index contributed by atoms with van der Waals surface area (Å²) < 4.78 is 26.1. The van der Waals surface area contributed by atoms with E-state index in [-0.39, 0.29) is 12.0 Å². The SMILES string of the molecule is CNCCC(O)C(O)c1cccc(F)c1F. The molecule has 1 rings (SSSR count). The van der Waals surface area contributed by atoms with Crippen LogP contribution >= 0.6 is 0 Å². The summed E-state index contributed by atoms with van der Waals surface area (Å²) in [6, 6.07) is 3.51. The Hall–Kier alpha value is -1.04. The van der Waals surface area contributed by atoms with Crippen LogP contribution in [0.25, 0.3) is 0 Å². The van der Waals surface area contributed by atoms with Crippen molar-refractivity contribution in [3.8, 4) is 0 Å². The average molecular weight is 231 g/mol. The van der Waals surface area contributed by atoms with Crippen LogP contribution in [0.3, 0.4) is 0 Å². The zero-order valence-corrected chi connectivity index (χ0v) is 8.95. The molecule has 2 unspecified atom stereocenters. The lowest BCUT2D eigenvalue weighted by Crippen LogP contribution is -2.24. The molecular weight excluding hydrogens is 216 g/mol. The second kappa shape index (κ2) is 5.89. The Labute approximate surface area is 92.7 Å². The van der Waals surface area contributed by atoms with E-state index in [2.05, 4.69) is 5.32 Å². The molecule has 1 aromatic rings. The monoisotopic (exact) mass is 231 g/mol. The Balaban J connectivity index is 2.79. The molecule has 5 heteroatoms. The van der Waals surface area contributed by atoms with Crippen LogP contribution in [-0.4, -0.2) is 29.9 Å². The molecule has 0 bridgehead atoms. The minimum Gasteiger partial charge on any atom is -0.390 e. The number of aliphatic hydroxyl groups is 2. The lowest BCUT2D eigenvalue weighted by Gasteiger charge is -2.18. The molecule has 90 valence electrons. The Kier molecular flexibility index (Phi) is 4.79. The molecular formula is C11H15F2NO2. The first-order valence-electron chi connectivity index (χ1n) is 5.02. The first kappa shape index (κ1) is 13.0. The van der Waals surface area contributed by atoms with Crippen LogP contribution in [0.4, 0.5) is 8.78 Å². The molecule has 0 saturated carbocycles. The first-order chi connectivity index (χ1) is 7.57. The lowest BCUT2D eigenvalue weighted by atomic mass is 10.0. The van der Waals surface area contributed by atoms with E-state index in [4.69, 9.17) is 0 Å². The van der Waals surface area contributed by atoms with E-state index in [0.717, 1.165) is 6.07 Å². The van der Waals surface area contributed by atoms with Gasteiger partial charge in [0, 0.05) is 5.56 Å². The van der Waals surface area contributed by atoms with Crippen molar-refractivity contribution in [3.63, 3.8) is 0 Å². The van der Waals surface area contributed by atoms with Gasteiger partial charge < -0.3 is 15.5 Å². The zero-order valence-electron chi connectivity index (χ0n) is 8.95. The van der Waals surface area contributed by atoms with E-state index in [9.17, 15) is 19.0 Å². The number of hydrogen-bond acceptors (Lipinski definition) is 3. The van der Waals surface area contributed by atoms with Crippen LogP contribution in [0.1, 0.15) is 18.1 Å². The topological polar surface area (TPSA) is 52.5 Å². The summed E-state index contributed by atoms with van der Waals surface area (Å²) >= 11 is 0. The summed E-state index contributed by atoms with van der Waals surface area (Å²) in [5.41, 5.74) is -0.219. The van der Waals surface area contributed by atoms with E-state index in [1.54, 1.807) is 7.05 Å². The van der Waals surface area contributed by atoms with Gasteiger partial charge in [-0.25, -0.2) is 8.78 Å². The average Bonchev–Trinajstić information content (AvgIpc) is 2.28. The molecule has 2 atom stereocenters. The third-order valence-electron chi connectivity index (χ3n) is 2.35. The molecule has 0 fully saturated rings. The second-order valence-corrected chi connectivity index (χ2v) is 3.55. The van der Waals surface area contributed by atoms with Gasteiger partial charge in [-0.2, -0.15) is 0 Å². The van der Waals surface area contributed by atoms with Crippen molar-refractivity contribution in [1.29, 1.82) is 0 Å². The maximum absolute atomic E-state index is 13.3. The van der Waals surface area contributed by atoms with Gasteiger partial charge >= 0.3 is 0 Å². The quantitative estimate of drug-likeness (QED) is 0.707. The normalized spacial score (nSPS) is 14.8. The fraction of sp³-hybridized carbons (Fsp3) is 0.455. The first-order valence-corrected chi connectivity index (χ1v) is 5.02. The minimum absolute atomic E-state index is 0.219. The van der Waals surface area contributed by atoms with E-state index >= 15 is 0 Å². The van der Waals surface area contributed by atoms with Crippen molar-refractivity contribution in [2.24, 2.45) is 0 Å². The van der Waals surface area contributed by atoms with E-state index in [1.807, 2.05) is 0 Å². The summed E-state index contributed by atoms with van der Waals surface area (Å²) in [5, 5.41) is 22.0. The third-order valence-corrected chi connectivity index (χ3v) is 2.35. The van der Waals surface area contributed by atoms with Gasteiger partial charge in [0.2, 0.25) is 0 Å². The molecule has 0 aromatic heterocycles. The van der Waals surface area contributed by atoms with Gasteiger partial charge in [-0.3, -0.25) is 0 Å². The standard InChI is InChI=1S/C11H15F2NO2/c1-14-6-5-9(15)11(16)7-3-2-4-8(12)10(7)13/h2-4,9,11,14-16H,5-6H2,1H3. The van der Waals surface area contributed by atoms with Gasteiger partial charge in [0.15, 0.2) is 11.6 Å². The molecule has 3 nitrogen and oxygen atoms in total. The molecule has 0 aliphatic carbocycles. The number of benzene rings is 1. The van der Waals surface area contributed by atoms with Crippen LogP contribution in [-0.2, 0) is 0 Å². The van der Waals surface area contributed by atoms with Gasteiger partial charge in [0.25, 0.3) is 0 Å². The molecule has 16 heavy (non-hydrogen) atoms. The summed E-state index contributed by atoms with van der Waals surface area (Å²) in [5.74, 6) is -2.14. The van der Waals surface area contributed by atoms with Crippen molar-refractivity contribution in [3.05, 3.63) is 35.4 Å². The number of aliphatic hydroxyl groups excluding tert-OH is 2. The largest absolute Gasteiger partial charge is 0.390 e. The molecule has 0 amide bonds. The highest BCUT2D eigenvalue weighted by Crippen LogP contribution is 2.23. The fourth-order valence-corrected chi connectivity index (χ4v) is 1.41. The van der Waals surface area contributed by atoms with E-state index in [1.165, 1.54) is 12.1 Å². The smallest absolute Gasteiger partial charge is 0.164 e. The van der Waals surface area contributed by atoms with Crippen LogP contribution in [0.15, 0.2) is 18.2 Å². The van der Waals surface area contributed by atoms with Crippen LogP contribution in [0.5, 0.6) is 0 Å². The molecule has 0 saturated heterocycles. The highest BCUT2D eigenvalue weighted by atomic mass is 19.2. The Morgan fingerprint density at radius 1 is 1.31 bits per heavy atom. The van der Waals surface area contributed by atoms with Crippen LogP contribution in [0, 0.1) is 11.6 Å². The predicted molar refractivity (Wildman–Crippen MR) is 55.9 cm³/mol. The van der Waals surface area contributed by atoms with Gasteiger partial charge in [0.1, 0.15) is 6.10 Å². The van der Waals surface area contributed by atoms with Crippen LogP contribution < -0.4 is 5.32 Å². The highest BCUT2D eigenvalue weighted by Gasteiger charge is 2.22. The summed E-state index contributed by atoms with van der Waals surface area (Å²) in [6.07, 6.45) is -2.28. The van der Waals surface area contributed by atoms with Crippen molar-refractivity contribution in [1.82, 2.24) is 5.32 Å². The van der Waals surface area contributed by atoms with Gasteiger partial charge in [-0.1, -0.05) is 12.1 Å². The van der Waals surface area contributed by atoms with E-state index in [0.29, 0.717) is 6.54 Å². The van der Waals surface area contributed by atoms with Gasteiger partial charge in [-0.05, 0) is 26.1 Å². The van der Waals surface area contributed by atoms with Crippen molar-refractivity contribution >= 4 is 0 Å². The molecule has 0 aliphatic heterocycles. The number of rotatable bonds is 5. The molecule has 0 heterocycles. The van der Waals surface area contributed by atoms with Crippen molar-refractivity contribution < 1.29 is 19.0 Å². The van der Waals surface area contributed by atoms with Gasteiger partial charge in [-0.15, -0.1) is 0 Å². The molecule has 1 aromatic carbocycles. The summed E-state index contributed by atoms with van der Waals surface area (Å²) in [4.78, 5) is 0. The fourth-order valence-electron chi connectivity index (χ4n) is 1.41. The molecule has 0 radical (unpaired) electrons. The Bertz CT molecular complexity index is 347. The van der Waals surface area contributed by atoms with Gasteiger partial charge in [0.05, 0.1) is 6.10 Å². The van der Waals surface area contributed by atoms with Crippen molar-refractivity contribution in [2.75, 3.05) is 13.6 Å². The highest BCUT2D eigenvalue weighted by molar-refractivity contribution is 5.22. The van der Waals surface area contributed by atoms with Crippen molar-refractivity contribution in [2.45, 2.75) is 18.6 Å². The zero-order chi connectivity index (χ0) is 12.1. The minimum atomic E-state index is -1.41. The maximum Gasteiger partial charge on any atom is 0.164 e. The molecule has 0 spiro atoms. The lowest BCUT2D eigenvalue weighted by molar-refractivity contribution is 0.0116. The third kappa shape index (κ3) is 2.98. The summed E-state index contributed by atoms with van der Waals surface area (Å²) in [7, 11) is 1.70. The summed E-state index contributed by atoms with van der Waals surface area (Å²) in [6.45, 7) is 0.481. The Morgan fingerprint density at radius 2 is 2.00 bits per heavy atom. The Morgan fingerprint density at radius 3 is 2.62 bits per heavy atom. The van der Waals surface area contributed by atoms with Crippen LogP contribution in [0.2, 0.25) is 0 Å². The molecule has 0 aliphatic rings. The molecule has 3 N–H and O–H groups in total.